The van der Waals surface area contributed by atoms with Crippen LogP contribution in [0.1, 0.15) is 32.1 Å². The Balaban J connectivity index is 1.23. The van der Waals surface area contributed by atoms with E-state index in [9.17, 15) is 4.79 Å². The van der Waals surface area contributed by atoms with Crippen LogP contribution in [0.3, 0.4) is 0 Å². The van der Waals surface area contributed by atoms with Crippen molar-refractivity contribution in [3.05, 3.63) is 91.0 Å². The van der Waals surface area contributed by atoms with Gasteiger partial charge in [0, 0.05) is 19.4 Å². The number of carbonyl (C=O) groups excluding carboxylic acids is 1. The number of ether oxygens (including phenoxy) is 1. The minimum absolute atomic E-state index is 0.284. The Labute approximate surface area is 216 Å². The standard InChI is InChI=1S/C32H34NO2P/c34-32(35-25-31-29-21-12-1-2-13-22-30(29)31)33-23-14-24-36(26-15-6-3-7-16-26,27-17-8-4-9-18-27)28-19-10-5-11-20-28/h3-11,15-20,29-31H,12-14,21-25H2/p+1/t29-,30+,31?. The number of hydrogen-bond donors (Lipinski definition) is 1. The minimum atomic E-state index is -1.86. The van der Waals surface area contributed by atoms with Crippen LogP contribution in [0.5, 0.6) is 0 Å². The van der Waals surface area contributed by atoms with Gasteiger partial charge >= 0.3 is 6.09 Å². The van der Waals surface area contributed by atoms with Crippen molar-refractivity contribution in [1.29, 1.82) is 0 Å². The van der Waals surface area contributed by atoms with E-state index < -0.39 is 7.26 Å². The van der Waals surface area contributed by atoms with Crippen molar-refractivity contribution in [2.75, 3.05) is 19.3 Å². The van der Waals surface area contributed by atoms with Crippen molar-refractivity contribution in [3.63, 3.8) is 0 Å². The molecule has 3 aromatic carbocycles. The predicted molar refractivity (Wildman–Crippen MR) is 151 cm³/mol. The summed E-state index contributed by atoms with van der Waals surface area (Å²) in [5.41, 5.74) is 0. The molecule has 2 aliphatic rings. The molecule has 1 N–H and O–H groups in total. The first-order valence-electron chi connectivity index (χ1n) is 13.2. The molecule has 0 bridgehead atoms. The van der Waals surface area contributed by atoms with E-state index in [2.05, 4.69) is 108 Å². The van der Waals surface area contributed by atoms with Gasteiger partial charge in [-0.3, -0.25) is 0 Å². The zero-order chi connectivity index (χ0) is 24.6. The van der Waals surface area contributed by atoms with E-state index in [0.29, 0.717) is 30.9 Å². The fraction of sp³-hybridized carbons (Fsp3) is 0.344. The van der Waals surface area contributed by atoms with Gasteiger partial charge in [-0.1, -0.05) is 54.6 Å². The molecule has 184 valence electrons. The third-order valence-corrected chi connectivity index (χ3v) is 12.3. The lowest BCUT2D eigenvalue weighted by Crippen LogP contribution is -2.35. The number of carbonyl (C=O) groups is 1. The molecule has 5 rings (SSSR count). The molecule has 3 aromatic rings. The summed E-state index contributed by atoms with van der Waals surface area (Å²) in [7, 11) is -1.86. The third kappa shape index (κ3) is 5.50. The number of rotatable bonds is 9. The van der Waals surface area contributed by atoms with E-state index in [-0.39, 0.29) is 6.09 Å². The summed E-state index contributed by atoms with van der Waals surface area (Å²) in [6, 6.07) is 32.6. The molecule has 3 atom stereocenters. The second kappa shape index (κ2) is 11.8. The molecule has 1 unspecified atom stereocenters. The molecule has 0 heterocycles. The fourth-order valence-corrected chi connectivity index (χ4v) is 10.2. The van der Waals surface area contributed by atoms with E-state index in [1.807, 2.05) is 0 Å². The van der Waals surface area contributed by atoms with Crippen molar-refractivity contribution in [2.45, 2.75) is 32.1 Å². The monoisotopic (exact) mass is 496 g/mol. The molecular weight excluding hydrogens is 461 g/mol. The summed E-state index contributed by atoms with van der Waals surface area (Å²) in [6.45, 7) is 1.15. The molecular formula is C32H35NO2P+. The number of alkyl carbamates (subject to hydrolysis) is 1. The molecule has 3 nitrogen and oxygen atoms in total. The Morgan fingerprint density at radius 3 is 1.72 bits per heavy atom. The van der Waals surface area contributed by atoms with Crippen LogP contribution in [0, 0.1) is 29.6 Å². The van der Waals surface area contributed by atoms with Crippen LogP contribution in [0.2, 0.25) is 0 Å². The second-order valence-corrected chi connectivity index (χ2v) is 13.5. The smallest absolute Gasteiger partial charge is 0.407 e. The minimum Gasteiger partial charge on any atom is -0.449 e. The van der Waals surface area contributed by atoms with Crippen molar-refractivity contribution < 1.29 is 9.53 Å². The van der Waals surface area contributed by atoms with Crippen LogP contribution < -0.4 is 21.2 Å². The summed E-state index contributed by atoms with van der Waals surface area (Å²) in [5.74, 6) is 8.40. The zero-order valence-electron chi connectivity index (χ0n) is 20.8. The highest BCUT2D eigenvalue weighted by molar-refractivity contribution is 7.95. The molecule has 0 aliphatic heterocycles. The number of fused-ring (bicyclic) bond motifs is 1. The highest BCUT2D eigenvalue weighted by Gasteiger charge is 2.49. The SMILES string of the molecule is O=C(NCCC[P+](c1ccccc1)(c1ccccc1)c1ccccc1)OCC1[C@H]2CCC#CCC[C@@H]12. The Kier molecular flexibility index (Phi) is 8.04. The number of benzene rings is 3. The molecule has 0 aromatic heterocycles. The molecule has 2 aliphatic carbocycles. The second-order valence-electron chi connectivity index (χ2n) is 9.84. The van der Waals surface area contributed by atoms with Crippen LogP contribution in [-0.2, 0) is 4.74 Å². The van der Waals surface area contributed by atoms with E-state index >= 15 is 0 Å². The molecule has 36 heavy (non-hydrogen) atoms. The summed E-state index contributed by atoms with van der Waals surface area (Å²) >= 11 is 0. The topological polar surface area (TPSA) is 38.3 Å². The normalized spacial score (nSPS) is 20.6. The fourth-order valence-electron chi connectivity index (χ4n) is 5.89. The maximum absolute atomic E-state index is 12.5. The van der Waals surface area contributed by atoms with Gasteiger partial charge in [0.2, 0.25) is 0 Å². The Bertz CT molecular complexity index is 1070. The van der Waals surface area contributed by atoms with Crippen LogP contribution in [0.25, 0.3) is 0 Å². The maximum Gasteiger partial charge on any atom is 0.407 e. The Morgan fingerprint density at radius 2 is 1.25 bits per heavy atom. The van der Waals surface area contributed by atoms with Gasteiger partial charge < -0.3 is 10.1 Å². The van der Waals surface area contributed by atoms with Crippen molar-refractivity contribution in [1.82, 2.24) is 5.32 Å². The summed E-state index contributed by atoms with van der Waals surface area (Å²) in [4.78, 5) is 12.5. The first-order valence-corrected chi connectivity index (χ1v) is 15.2. The van der Waals surface area contributed by atoms with Crippen molar-refractivity contribution in [2.24, 2.45) is 17.8 Å². The van der Waals surface area contributed by atoms with E-state index in [1.165, 1.54) is 15.9 Å². The number of hydrogen-bond acceptors (Lipinski definition) is 2. The lowest BCUT2D eigenvalue weighted by Gasteiger charge is -2.27. The van der Waals surface area contributed by atoms with Crippen molar-refractivity contribution in [3.8, 4) is 11.8 Å². The molecule has 1 fully saturated rings. The average Bonchev–Trinajstić information content (AvgIpc) is 3.58. The number of amides is 1. The van der Waals surface area contributed by atoms with Gasteiger partial charge in [-0.05, 0) is 73.4 Å². The lowest BCUT2D eigenvalue weighted by atomic mass is 10.1. The Morgan fingerprint density at radius 1 is 0.778 bits per heavy atom. The van der Waals surface area contributed by atoms with Gasteiger partial charge in [0.15, 0.2) is 0 Å². The van der Waals surface area contributed by atoms with Crippen LogP contribution >= 0.6 is 7.26 Å². The summed E-state index contributed by atoms with van der Waals surface area (Å²) in [5, 5.41) is 7.15. The highest BCUT2D eigenvalue weighted by atomic mass is 31.2. The predicted octanol–water partition coefficient (Wildman–Crippen LogP) is 5.54. The van der Waals surface area contributed by atoms with Gasteiger partial charge in [0.1, 0.15) is 23.2 Å². The average molecular weight is 497 g/mol. The molecule has 0 spiro atoms. The molecule has 0 radical (unpaired) electrons. The third-order valence-electron chi connectivity index (χ3n) is 7.78. The maximum atomic E-state index is 12.5. The molecule has 1 saturated carbocycles. The zero-order valence-corrected chi connectivity index (χ0v) is 21.7. The van der Waals surface area contributed by atoms with Crippen molar-refractivity contribution >= 4 is 29.3 Å². The van der Waals surface area contributed by atoms with Crippen LogP contribution in [0.4, 0.5) is 4.79 Å². The van der Waals surface area contributed by atoms with Gasteiger partial charge in [-0.25, -0.2) is 4.79 Å². The van der Waals surface area contributed by atoms with E-state index in [1.54, 1.807) is 0 Å². The molecule has 4 heteroatoms. The van der Waals surface area contributed by atoms with Crippen LogP contribution in [0.15, 0.2) is 91.0 Å². The molecule has 0 saturated heterocycles. The lowest BCUT2D eigenvalue weighted by molar-refractivity contribution is 0.137. The van der Waals surface area contributed by atoms with Gasteiger partial charge in [-0.2, -0.15) is 0 Å². The van der Waals surface area contributed by atoms with Gasteiger partial charge in [0.25, 0.3) is 0 Å². The first kappa shape index (κ1) is 24.6. The Hall–Kier alpha value is -3.08. The van der Waals surface area contributed by atoms with E-state index in [4.69, 9.17) is 4.74 Å². The summed E-state index contributed by atoms with van der Waals surface area (Å²) < 4.78 is 5.64. The highest BCUT2D eigenvalue weighted by Crippen LogP contribution is 2.55. The van der Waals surface area contributed by atoms with E-state index in [0.717, 1.165) is 38.3 Å². The first-order chi connectivity index (χ1) is 17.8. The quantitative estimate of drug-likeness (QED) is 0.240. The summed E-state index contributed by atoms with van der Waals surface area (Å²) in [6.07, 6.45) is 5.85. The molecule has 1 amide bonds. The van der Waals surface area contributed by atoms with Gasteiger partial charge in [0.05, 0.1) is 12.8 Å². The largest absolute Gasteiger partial charge is 0.449 e. The van der Waals surface area contributed by atoms with Gasteiger partial charge in [-0.15, -0.1) is 11.8 Å². The number of nitrogens with one attached hydrogen (secondary N) is 1. The van der Waals surface area contributed by atoms with Crippen LogP contribution in [-0.4, -0.2) is 25.4 Å².